The second kappa shape index (κ2) is 6.14. The molecule has 0 rings (SSSR count). The summed E-state index contributed by atoms with van der Waals surface area (Å²) >= 11 is 0. The summed E-state index contributed by atoms with van der Waals surface area (Å²) in [5, 5.41) is 9.34. The van der Waals surface area contributed by atoms with Gasteiger partial charge in [-0.1, -0.05) is 32.6 Å². The number of carbonyl (C=O) groups is 1. The highest BCUT2D eigenvalue weighted by Crippen LogP contribution is 2.11. The van der Waals surface area contributed by atoms with Crippen molar-refractivity contribution in [1.29, 1.82) is 0 Å². The molecular formula is C11H22O2. The van der Waals surface area contributed by atoms with Gasteiger partial charge in [-0.3, -0.25) is 4.79 Å². The monoisotopic (exact) mass is 186 g/mol. The first-order chi connectivity index (χ1) is 5.98. The van der Waals surface area contributed by atoms with Gasteiger partial charge in [0.25, 0.3) is 0 Å². The van der Waals surface area contributed by atoms with E-state index in [1.54, 1.807) is 13.8 Å². The lowest BCUT2D eigenvalue weighted by atomic mass is 9.98. The van der Waals surface area contributed by atoms with Gasteiger partial charge < -0.3 is 5.11 Å². The van der Waals surface area contributed by atoms with E-state index in [0.717, 1.165) is 12.8 Å². The number of rotatable bonds is 7. The van der Waals surface area contributed by atoms with Crippen LogP contribution in [0, 0.1) is 0 Å². The molecule has 78 valence electrons. The molecule has 1 N–H and O–H groups in total. The van der Waals surface area contributed by atoms with Crippen LogP contribution in [0.15, 0.2) is 0 Å². The standard InChI is InChI=1S/C11H22O2/c1-4-5-6-7-8-9-10(12)11(2,3)13/h13H,4-9H2,1-3H3. The summed E-state index contributed by atoms with van der Waals surface area (Å²) < 4.78 is 0. The minimum Gasteiger partial charge on any atom is -0.383 e. The van der Waals surface area contributed by atoms with E-state index in [9.17, 15) is 9.90 Å². The van der Waals surface area contributed by atoms with Crippen LogP contribution < -0.4 is 0 Å². The molecular weight excluding hydrogens is 164 g/mol. The highest BCUT2D eigenvalue weighted by atomic mass is 16.3. The Morgan fingerprint density at radius 3 is 2.15 bits per heavy atom. The van der Waals surface area contributed by atoms with Crippen LogP contribution >= 0.6 is 0 Å². The Balaban J connectivity index is 3.38. The number of ketones is 1. The zero-order valence-corrected chi connectivity index (χ0v) is 9.10. The lowest BCUT2D eigenvalue weighted by molar-refractivity contribution is -0.134. The molecule has 13 heavy (non-hydrogen) atoms. The highest BCUT2D eigenvalue weighted by molar-refractivity contribution is 5.86. The molecule has 0 aliphatic heterocycles. The normalized spacial score (nSPS) is 11.7. The van der Waals surface area contributed by atoms with Crippen LogP contribution in [0.5, 0.6) is 0 Å². The van der Waals surface area contributed by atoms with Gasteiger partial charge in [-0.2, -0.15) is 0 Å². The van der Waals surface area contributed by atoms with E-state index < -0.39 is 5.60 Å². The van der Waals surface area contributed by atoms with E-state index >= 15 is 0 Å². The van der Waals surface area contributed by atoms with Crippen molar-refractivity contribution in [2.75, 3.05) is 0 Å². The first kappa shape index (κ1) is 12.6. The molecule has 0 bridgehead atoms. The average molecular weight is 186 g/mol. The van der Waals surface area contributed by atoms with Crippen molar-refractivity contribution in [3.05, 3.63) is 0 Å². The Kier molecular flexibility index (Phi) is 5.97. The Bertz CT molecular complexity index is 145. The summed E-state index contributed by atoms with van der Waals surface area (Å²) in [6.45, 7) is 5.28. The number of aliphatic hydroxyl groups is 1. The van der Waals surface area contributed by atoms with E-state index in [1.165, 1.54) is 19.3 Å². The Labute approximate surface area is 81.3 Å². The van der Waals surface area contributed by atoms with Gasteiger partial charge in [0, 0.05) is 6.42 Å². The minimum atomic E-state index is -1.13. The third kappa shape index (κ3) is 6.76. The van der Waals surface area contributed by atoms with Crippen LogP contribution in [0.3, 0.4) is 0 Å². The maximum Gasteiger partial charge on any atom is 0.163 e. The first-order valence-electron chi connectivity index (χ1n) is 5.24. The number of Topliss-reactive ketones (excluding diaryl/α,β-unsaturated/α-hetero) is 1. The number of unbranched alkanes of at least 4 members (excludes halogenated alkanes) is 4. The lowest BCUT2D eigenvalue weighted by Crippen LogP contribution is -2.30. The molecule has 0 aromatic rings. The van der Waals surface area contributed by atoms with E-state index in [1.807, 2.05) is 0 Å². The van der Waals surface area contributed by atoms with Gasteiger partial charge in [-0.25, -0.2) is 0 Å². The number of hydrogen-bond acceptors (Lipinski definition) is 2. The summed E-state index contributed by atoms with van der Waals surface area (Å²) in [5.41, 5.74) is -1.13. The average Bonchev–Trinajstić information content (AvgIpc) is 2.02. The highest BCUT2D eigenvalue weighted by Gasteiger charge is 2.22. The molecule has 0 fully saturated rings. The minimum absolute atomic E-state index is 0.0380. The summed E-state index contributed by atoms with van der Waals surface area (Å²) in [6, 6.07) is 0. The van der Waals surface area contributed by atoms with Crippen LogP contribution in [0.25, 0.3) is 0 Å². The Morgan fingerprint density at radius 1 is 1.15 bits per heavy atom. The SMILES string of the molecule is CCCCCCCC(=O)C(C)(C)O. The topological polar surface area (TPSA) is 37.3 Å². The van der Waals surface area contributed by atoms with Crippen molar-refractivity contribution >= 4 is 5.78 Å². The van der Waals surface area contributed by atoms with Crippen LogP contribution in [-0.4, -0.2) is 16.5 Å². The van der Waals surface area contributed by atoms with Crippen molar-refractivity contribution in [2.45, 2.75) is 64.9 Å². The summed E-state index contributed by atoms with van der Waals surface area (Å²) in [6.07, 6.45) is 6.22. The van der Waals surface area contributed by atoms with E-state index in [4.69, 9.17) is 0 Å². The fraction of sp³-hybridized carbons (Fsp3) is 0.909. The van der Waals surface area contributed by atoms with Crippen molar-refractivity contribution in [2.24, 2.45) is 0 Å². The molecule has 0 aromatic carbocycles. The summed E-state index contributed by atoms with van der Waals surface area (Å²) in [7, 11) is 0. The molecule has 0 aliphatic rings. The third-order valence-corrected chi connectivity index (χ3v) is 2.19. The fourth-order valence-corrected chi connectivity index (χ4v) is 1.20. The molecule has 0 saturated carbocycles. The second-order valence-corrected chi connectivity index (χ2v) is 4.15. The van der Waals surface area contributed by atoms with Gasteiger partial charge in [-0.05, 0) is 20.3 Å². The number of carbonyl (C=O) groups excluding carboxylic acids is 1. The summed E-state index contributed by atoms with van der Waals surface area (Å²) in [4.78, 5) is 11.2. The van der Waals surface area contributed by atoms with Gasteiger partial charge in [0.2, 0.25) is 0 Å². The Hall–Kier alpha value is -0.370. The largest absolute Gasteiger partial charge is 0.383 e. The quantitative estimate of drug-likeness (QED) is 0.621. The van der Waals surface area contributed by atoms with E-state index in [2.05, 4.69) is 6.92 Å². The predicted octanol–water partition coefficient (Wildman–Crippen LogP) is 2.69. The maximum absolute atomic E-state index is 11.2. The molecule has 0 unspecified atom stereocenters. The molecule has 0 heterocycles. The molecule has 0 saturated heterocycles. The number of hydrogen-bond donors (Lipinski definition) is 1. The zero-order valence-electron chi connectivity index (χ0n) is 9.10. The molecule has 2 heteroatoms. The molecule has 0 radical (unpaired) electrons. The molecule has 0 aromatic heterocycles. The van der Waals surface area contributed by atoms with Crippen molar-refractivity contribution in [3.8, 4) is 0 Å². The molecule has 0 atom stereocenters. The van der Waals surface area contributed by atoms with E-state index in [0.29, 0.717) is 6.42 Å². The van der Waals surface area contributed by atoms with Crippen LogP contribution in [0.4, 0.5) is 0 Å². The van der Waals surface area contributed by atoms with Gasteiger partial charge in [0.05, 0.1) is 0 Å². The molecule has 0 spiro atoms. The fourth-order valence-electron chi connectivity index (χ4n) is 1.20. The van der Waals surface area contributed by atoms with Crippen molar-refractivity contribution < 1.29 is 9.90 Å². The molecule has 0 aliphatic carbocycles. The predicted molar refractivity (Wildman–Crippen MR) is 54.7 cm³/mol. The van der Waals surface area contributed by atoms with Crippen LogP contribution in [0.2, 0.25) is 0 Å². The van der Waals surface area contributed by atoms with Gasteiger partial charge >= 0.3 is 0 Å². The van der Waals surface area contributed by atoms with Gasteiger partial charge in [0.1, 0.15) is 5.60 Å². The maximum atomic E-state index is 11.2. The van der Waals surface area contributed by atoms with Crippen LogP contribution in [0.1, 0.15) is 59.3 Å². The zero-order chi connectivity index (χ0) is 10.3. The third-order valence-electron chi connectivity index (χ3n) is 2.19. The molecule has 2 nitrogen and oxygen atoms in total. The molecule has 0 amide bonds. The van der Waals surface area contributed by atoms with E-state index in [-0.39, 0.29) is 5.78 Å². The van der Waals surface area contributed by atoms with Gasteiger partial charge in [0.15, 0.2) is 5.78 Å². The Morgan fingerprint density at radius 2 is 1.69 bits per heavy atom. The first-order valence-corrected chi connectivity index (χ1v) is 5.24. The smallest absolute Gasteiger partial charge is 0.163 e. The lowest BCUT2D eigenvalue weighted by Gasteiger charge is -2.14. The van der Waals surface area contributed by atoms with Gasteiger partial charge in [-0.15, -0.1) is 0 Å². The second-order valence-electron chi connectivity index (χ2n) is 4.15. The van der Waals surface area contributed by atoms with Crippen molar-refractivity contribution in [1.82, 2.24) is 0 Å². The van der Waals surface area contributed by atoms with Crippen molar-refractivity contribution in [3.63, 3.8) is 0 Å². The summed E-state index contributed by atoms with van der Waals surface area (Å²) in [5.74, 6) is -0.0380. The van der Waals surface area contributed by atoms with Crippen LogP contribution in [-0.2, 0) is 4.79 Å².